The third-order valence-corrected chi connectivity index (χ3v) is 3.38. The molecule has 1 fully saturated rings. The maximum Gasteiger partial charge on any atom is 0.353 e. The first-order valence-corrected chi connectivity index (χ1v) is 7.37. The van der Waals surface area contributed by atoms with Crippen LogP contribution in [0.25, 0.3) is 0 Å². The zero-order chi connectivity index (χ0) is 17.0. The Morgan fingerprint density at radius 3 is 2.65 bits per heavy atom. The van der Waals surface area contributed by atoms with Gasteiger partial charge in [-0.05, 0) is 13.8 Å². The quantitative estimate of drug-likeness (QED) is 0.439. The number of morpholine rings is 1. The fourth-order valence-electron chi connectivity index (χ4n) is 2.55. The van der Waals surface area contributed by atoms with Gasteiger partial charge in [0.15, 0.2) is 0 Å². The van der Waals surface area contributed by atoms with E-state index in [1.807, 2.05) is 18.7 Å². The summed E-state index contributed by atoms with van der Waals surface area (Å²) in [5.41, 5.74) is 5.51. The van der Waals surface area contributed by atoms with Crippen LogP contribution in [0.4, 0.5) is 23.3 Å². The number of rotatable bonds is 6. The Labute approximate surface area is 134 Å². The highest BCUT2D eigenvalue weighted by molar-refractivity contribution is 5.71. The van der Waals surface area contributed by atoms with Gasteiger partial charge in [-0.3, -0.25) is 10.1 Å². The summed E-state index contributed by atoms with van der Waals surface area (Å²) >= 11 is 0. The minimum absolute atomic E-state index is 0.0561. The van der Waals surface area contributed by atoms with E-state index >= 15 is 0 Å². The van der Waals surface area contributed by atoms with E-state index in [-0.39, 0.29) is 35.5 Å². The van der Waals surface area contributed by atoms with Crippen LogP contribution in [0.2, 0.25) is 0 Å². The van der Waals surface area contributed by atoms with Crippen LogP contribution in [0, 0.1) is 10.1 Å². The zero-order valence-electron chi connectivity index (χ0n) is 13.5. The van der Waals surface area contributed by atoms with E-state index in [1.54, 1.807) is 7.11 Å². The lowest BCUT2D eigenvalue weighted by Gasteiger charge is -2.35. The first-order valence-electron chi connectivity index (χ1n) is 7.37. The predicted molar refractivity (Wildman–Crippen MR) is 85.7 cm³/mol. The number of nitrogens with two attached hydrogens (primary N) is 1. The van der Waals surface area contributed by atoms with Crippen molar-refractivity contribution < 1.29 is 14.4 Å². The normalized spacial score (nSPS) is 21.3. The van der Waals surface area contributed by atoms with Gasteiger partial charge in [0.25, 0.3) is 0 Å². The minimum Gasteiger partial charge on any atom is -0.383 e. The van der Waals surface area contributed by atoms with Crippen LogP contribution >= 0.6 is 0 Å². The van der Waals surface area contributed by atoms with Crippen LogP contribution in [0.15, 0.2) is 0 Å². The summed E-state index contributed by atoms with van der Waals surface area (Å²) in [6, 6.07) is 0. The smallest absolute Gasteiger partial charge is 0.353 e. The molecule has 128 valence electrons. The van der Waals surface area contributed by atoms with Gasteiger partial charge in [-0.25, -0.2) is 0 Å². The fraction of sp³-hybridized carbons (Fsp3) is 0.692. The standard InChI is InChI=1S/C13H22N6O4/c1-8-6-18(7-9(2)23-8)12-10(19(20)21)11(14)16-13(17-12)15-4-5-22-3/h8-9H,4-7H2,1-3H3,(H3,14,15,16,17)/t8-,9+. The monoisotopic (exact) mass is 326 g/mol. The van der Waals surface area contributed by atoms with Gasteiger partial charge >= 0.3 is 5.69 Å². The highest BCUT2D eigenvalue weighted by Crippen LogP contribution is 2.33. The van der Waals surface area contributed by atoms with E-state index in [4.69, 9.17) is 15.2 Å². The van der Waals surface area contributed by atoms with Crippen molar-refractivity contribution in [2.24, 2.45) is 0 Å². The molecule has 1 aliphatic rings. The Hall–Kier alpha value is -2.20. The number of hydrogen-bond acceptors (Lipinski definition) is 9. The van der Waals surface area contributed by atoms with Crippen LogP contribution in [-0.2, 0) is 9.47 Å². The highest BCUT2D eigenvalue weighted by Gasteiger charge is 2.31. The van der Waals surface area contributed by atoms with Crippen LogP contribution in [-0.4, -0.2) is 60.5 Å². The lowest BCUT2D eigenvalue weighted by molar-refractivity contribution is -0.383. The van der Waals surface area contributed by atoms with E-state index in [9.17, 15) is 10.1 Å². The van der Waals surface area contributed by atoms with Crippen molar-refractivity contribution >= 4 is 23.3 Å². The zero-order valence-corrected chi connectivity index (χ0v) is 13.5. The van der Waals surface area contributed by atoms with Crippen molar-refractivity contribution in [3.05, 3.63) is 10.1 Å². The molecule has 1 aromatic rings. The molecule has 2 rings (SSSR count). The number of nitrogens with zero attached hydrogens (tertiary/aromatic N) is 4. The number of ether oxygens (including phenoxy) is 2. The molecule has 0 saturated carbocycles. The van der Waals surface area contributed by atoms with Crippen LogP contribution in [0.5, 0.6) is 0 Å². The molecular weight excluding hydrogens is 304 g/mol. The highest BCUT2D eigenvalue weighted by atomic mass is 16.6. The summed E-state index contributed by atoms with van der Waals surface area (Å²) in [5.74, 6) is 0.295. The first-order chi connectivity index (χ1) is 10.9. The van der Waals surface area contributed by atoms with Gasteiger partial charge in [0, 0.05) is 26.7 Å². The van der Waals surface area contributed by atoms with Gasteiger partial charge in [0.05, 0.1) is 23.7 Å². The molecule has 0 radical (unpaired) electrons. The molecule has 1 aromatic heterocycles. The first kappa shape index (κ1) is 17.2. The fourth-order valence-corrected chi connectivity index (χ4v) is 2.55. The van der Waals surface area contributed by atoms with Crippen LogP contribution in [0.1, 0.15) is 13.8 Å². The molecule has 0 aromatic carbocycles. The maximum absolute atomic E-state index is 11.4. The minimum atomic E-state index is -0.547. The van der Waals surface area contributed by atoms with E-state index in [2.05, 4.69) is 15.3 Å². The molecule has 0 spiro atoms. The Morgan fingerprint density at radius 1 is 1.43 bits per heavy atom. The molecular formula is C13H22N6O4. The Kier molecular flexibility index (Phi) is 5.50. The summed E-state index contributed by atoms with van der Waals surface area (Å²) in [7, 11) is 1.58. The van der Waals surface area contributed by atoms with Gasteiger partial charge in [-0.15, -0.1) is 0 Å². The summed E-state index contributed by atoms with van der Waals surface area (Å²) in [5, 5.41) is 14.3. The van der Waals surface area contributed by atoms with Crippen molar-refractivity contribution in [2.75, 3.05) is 49.3 Å². The van der Waals surface area contributed by atoms with Gasteiger partial charge < -0.3 is 25.4 Å². The molecule has 1 saturated heterocycles. The number of nitrogen functional groups attached to an aromatic ring is 1. The number of anilines is 3. The summed E-state index contributed by atoms with van der Waals surface area (Å²) < 4.78 is 10.6. The number of hydrogen-bond donors (Lipinski definition) is 2. The van der Waals surface area contributed by atoms with Crippen molar-refractivity contribution in [1.82, 2.24) is 9.97 Å². The molecule has 0 unspecified atom stereocenters. The average Bonchev–Trinajstić information content (AvgIpc) is 2.45. The molecule has 0 bridgehead atoms. The molecule has 10 heteroatoms. The van der Waals surface area contributed by atoms with Crippen molar-refractivity contribution in [1.29, 1.82) is 0 Å². The Balaban J connectivity index is 2.35. The van der Waals surface area contributed by atoms with Gasteiger partial charge in [0.2, 0.25) is 17.6 Å². The molecule has 2 atom stereocenters. The number of nitrogens with one attached hydrogen (secondary N) is 1. The molecule has 3 N–H and O–H groups in total. The molecule has 0 aliphatic carbocycles. The van der Waals surface area contributed by atoms with Crippen molar-refractivity contribution in [2.45, 2.75) is 26.1 Å². The number of nitro groups is 1. The number of methoxy groups -OCH3 is 1. The van der Waals surface area contributed by atoms with Gasteiger partial charge in [-0.2, -0.15) is 9.97 Å². The van der Waals surface area contributed by atoms with Crippen LogP contribution < -0.4 is 16.0 Å². The summed E-state index contributed by atoms with van der Waals surface area (Å²) in [4.78, 5) is 20.9. The Bertz CT molecular complexity index is 560. The second-order valence-electron chi connectivity index (χ2n) is 5.44. The number of aromatic nitrogens is 2. The molecule has 10 nitrogen and oxygen atoms in total. The van der Waals surface area contributed by atoms with Crippen LogP contribution in [0.3, 0.4) is 0 Å². The van der Waals surface area contributed by atoms with E-state index in [1.165, 1.54) is 0 Å². The largest absolute Gasteiger partial charge is 0.383 e. The van der Waals surface area contributed by atoms with Gasteiger partial charge in [0.1, 0.15) is 0 Å². The average molecular weight is 326 g/mol. The Morgan fingerprint density at radius 2 is 2.09 bits per heavy atom. The van der Waals surface area contributed by atoms with Crippen molar-refractivity contribution in [3.63, 3.8) is 0 Å². The second kappa shape index (κ2) is 7.38. The van der Waals surface area contributed by atoms with E-state index in [0.717, 1.165) is 0 Å². The summed E-state index contributed by atoms with van der Waals surface area (Å²) in [6.45, 7) is 5.76. The molecule has 0 amide bonds. The second-order valence-corrected chi connectivity index (χ2v) is 5.44. The third-order valence-electron chi connectivity index (χ3n) is 3.38. The van der Waals surface area contributed by atoms with Crippen molar-refractivity contribution in [3.8, 4) is 0 Å². The molecule has 2 heterocycles. The maximum atomic E-state index is 11.4. The summed E-state index contributed by atoms with van der Waals surface area (Å²) in [6.07, 6.45) is -0.112. The SMILES string of the molecule is COCCNc1nc(N)c([N+](=O)[O-])c(N2C[C@@H](C)O[C@@H](C)C2)n1. The lowest BCUT2D eigenvalue weighted by atomic mass is 10.2. The van der Waals surface area contributed by atoms with E-state index < -0.39 is 4.92 Å². The van der Waals surface area contributed by atoms with E-state index in [0.29, 0.717) is 26.2 Å². The lowest BCUT2D eigenvalue weighted by Crippen LogP contribution is -2.46. The molecule has 1 aliphatic heterocycles. The van der Waals surface area contributed by atoms with Gasteiger partial charge in [-0.1, -0.05) is 0 Å². The molecule has 23 heavy (non-hydrogen) atoms. The third kappa shape index (κ3) is 4.17. The topological polar surface area (TPSA) is 129 Å². The predicted octanol–water partition coefficient (Wildman–Crippen LogP) is 0.639.